The summed E-state index contributed by atoms with van der Waals surface area (Å²) in [4.78, 5) is 14.9. The quantitative estimate of drug-likeness (QED) is 0.363. The van der Waals surface area contributed by atoms with Crippen molar-refractivity contribution in [2.24, 2.45) is 0 Å². The smallest absolute Gasteiger partial charge is 0.255 e. The summed E-state index contributed by atoms with van der Waals surface area (Å²) < 4.78 is 2.45. The number of fused-ring (bicyclic) bond motifs is 1. The van der Waals surface area contributed by atoms with E-state index in [1.165, 1.54) is 27.7 Å². The van der Waals surface area contributed by atoms with Gasteiger partial charge >= 0.3 is 0 Å². The number of rotatable bonds is 8. The predicted octanol–water partition coefficient (Wildman–Crippen LogP) is 6.05. The number of anilines is 1. The molecule has 33 heavy (non-hydrogen) atoms. The summed E-state index contributed by atoms with van der Waals surface area (Å²) in [5, 5.41) is 4.30. The molecular formula is C29H33N3O. The van der Waals surface area contributed by atoms with E-state index in [2.05, 4.69) is 67.0 Å². The fraction of sp³-hybridized carbons (Fsp3) is 0.276. The van der Waals surface area contributed by atoms with Gasteiger partial charge in [0.05, 0.1) is 0 Å². The van der Waals surface area contributed by atoms with E-state index in [4.69, 9.17) is 0 Å². The zero-order valence-electron chi connectivity index (χ0n) is 20.1. The molecule has 0 atom stereocenters. The minimum atomic E-state index is -0.0835. The Morgan fingerprint density at radius 3 is 2.42 bits per heavy atom. The van der Waals surface area contributed by atoms with Gasteiger partial charge in [-0.2, -0.15) is 0 Å². The van der Waals surface area contributed by atoms with Crippen molar-refractivity contribution >= 4 is 22.5 Å². The van der Waals surface area contributed by atoms with E-state index < -0.39 is 0 Å². The summed E-state index contributed by atoms with van der Waals surface area (Å²) in [5.74, 6) is -0.0835. The van der Waals surface area contributed by atoms with Crippen molar-refractivity contribution in [3.8, 4) is 0 Å². The van der Waals surface area contributed by atoms with E-state index >= 15 is 0 Å². The topological polar surface area (TPSA) is 37.3 Å². The van der Waals surface area contributed by atoms with Crippen LogP contribution in [0.2, 0.25) is 0 Å². The number of aromatic nitrogens is 1. The molecule has 4 rings (SSSR count). The van der Waals surface area contributed by atoms with Gasteiger partial charge in [-0.05, 0) is 100 Å². The Labute approximate surface area is 196 Å². The van der Waals surface area contributed by atoms with Crippen LogP contribution in [0.1, 0.15) is 39.2 Å². The predicted molar refractivity (Wildman–Crippen MR) is 138 cm³/mol. The molecule has 1 aromatic heterocycles. The molecule has 0 bridgehead atoms. The summed E-state index contributed by atoms with van der Waals surface area (Å²) in [6.07, 6.45) is 1.93. The van der Waals surface area contributed by atoms with Crippen LogP contribution in [-0.2, 0) is 13.0 Å². The number of carbonyl (C=O) groups excluding carboxylic acids is 1. The van der Waals surface area contributed by atoms with Crippen LogP contribution in [0.4, 0.5) is 5.69 Å². The Balaban J connectivity index is 1.52. The minimum absolute atomic E-state index is 0.0835. The first-order chi connectivity index (χ1) is 15.9. The molecule has 0 unspecified atom stereocenters. The molecule has 4 aromatic rings. The molecule has 1 amide bonds. The average molecular weight is 440 g/mol. The van der Waals surface area contributed by atoms with Crippen molar-refractivity contribution in [1.82, 2.24) is 9.47 Å². The lowest BCUT2D eigenvalue weighted by Gasteiger charge is -2.12. The zero-order valence-corrected chi connectivity index (χ0v) is 20.1. The first kappa shape index (κ1) is 22.8. The second-order valence-corrected chi connectivity index (χ2v) is 9.07. The Hall–Kier alpha value is -3.37. The molecule has 1 heterocycles. The summed E-state index contributed by atoms with van der Waals surface area (Å²) >= 11 is 0. The van der Waals surface area contributed by atoms with Crippen molar-refractivity contribution in [2.45, 2.75) is 33.2 Å². The molecule has 4 heteroatoms. The maximum Gasteiger partial charge on any atom is 0.255 e. The van der Waals surface area contributed by atoms with Gasteiger partial charge in [0.15, 0.2) is 0 Å². The SMILES string of the molecule is Cc1c(C)n(CCCN(C)C)c2ccc(Cc3cccc(C(=O)Nc4ccccc4)c3)cc12. The van der Waals surface area contributed by atoms with Crippen LogP contribution < -0.4 is 5.32 Å². The van der Waals surface area contributed by atoms with Gasteiger partial charge in [0, 0.05) is 34.4 Å². The van der Waals surface area contributed by atoms with Gasteiger partial charge in [0.25, 0.3) is 5.91 Å². The van der Waals surface area contributed by atoms with E-state index in [0.717, 1.165) is 37.2 Å². The number of carbonyl (C=O) groups is 1. The van der Waals surface area contributed by atoms with Crippen LogP contribution >= 0.6 is 0 Å². The highest BCUT2D eigenvalue weighted by atomic mass is 16.1. The molecule has 0 aliphatic carbocycles. The number of aryl methyl sites for hydroxylation is 2. The fourth-order valence-electron chi connectivity index (χ4n) is 4.42. The highest BCUT2D eigenvalue weighted by Crippen LogP contribution is 2.27. The highest BCUT2D eigenvalue weighted by molar-refractivity contribution is 6.04. The number of amides is 1. The Bertz CT molecular complexity index is 1250. The van der Waals surface area contributed by atoms with Crippen molar-refractivity contribution in [3.05, 3.63) is 101 Å². The van der Waals surface area contributed by atoms with Crippen molar-refractivity contribution < 1.29 is 4.79 Å². The van der Waals surface area contributed by atoms with Gasteiger partial charge in [-0.1, -0.05) is 36.4 Å². The lowest BCUT2D eigenvalue weighted by Crippen LogP contribution is -2.15. The molecule has 0 aliphatic rings. The number of para-hydroxylation sites is 1. The molecular weight excluding hydrogens is 406 g/mol. The van der Waals surface area contributed by atoms with Crippen LogP contribution in [0, 0.1) is 13.8 Å². The number of hydrogen-bond acceptors (Lipinski definition) is 2. The van der Waals surface area contributed by atoms with Gasteiger partial charge in [0.1, 0.15) is 0 Å². The lowest BCUT2D eigenvalue weighted by molar-refractivity contribution is 0.102. The van der Waals surface area contributed by atoms with Gasteiger partial charge < -0.3 is 14.8 Å². The Morgan fingerprint density at radius 2 is 1.67 bits per heavy atom. The monoisotopic (exact) mass is 439 g/mol. The number of benzene rings is 3. The summed E-state index contributed by atoms with van der Waals surface area (Å²) in [6, 6.07) is 24.3. The van der Waals surface area contributed by atoms with Gasteiger partial charge in [-0.15, -0.1) is 0 Å². The van der Waals surface area contributed by atoms with Crippen LogP contribution in [-0.4, -0.2) is 36.0 Å². The standard InChI is InChI=1S/C29H33N3O/c1-21-22(2)32(17-9-16-31(3)4)28-15-14-24(20-27(21)28)18-23-10-8-11-25(19-23)29(33)30-26-12-6-5-7-13-26/h5-8,10-15,19-20H,9,16-18H2,1-4H3,(H,30,33). The van der Waals surface area contributed by atoms with Gasteiger partial charge in [0.2, 0.25) is 0 Å². The third-order valence-electron chi connectivity index (χ3n) is 6.32. The van der Waals surface area contributed by atoms with Crippen LogP contribution in [0.5, 0.6) is 0 Å². The summed E-state index contributed by atoms with van der Waals surface area (Å²) in [6.45, 7) is 6.56. The third-order valence-corrected chi connectivity index (χ3v) is 6.32. The Kier molecular flexibility index (Phi) is 6.95. The molecule has 0 radical (unpaired) electrons. The molecule has 4 nitrogen and oxygen atoms in total. The molecule has 1 N–H and O–H groups in total. The molecule has 0 spiro atoms. The van der Waals surface area contributed by atoms with Crippen LogP contribution in [0.15, 0.2) is 72.8 Å². The maximum atomic E-state index is 12.7. The van der Waals surface area contributed by atoms with E-state index in [0.29, 0.717) is 5.56 Å². The first-order valence-corrected chi connectivity index (χ1v) is 11.6. The second-order valence-electron chi connectivity index (χ2n) is 9.07. The fourth-order valence-corrected chi connectivity index (χ4v) is 4.42. The normalized spacial score (nSPS) is 11.3. The number of hydrogen-bond donors (Lipinski definition) is 1. The minimum Gasteiger partial charge on any atom is -0.345 e. The van der Waals surface area contributed by atoms with Crippen molar-refractivity contribution in [1.29, 1.82) is 0 Å². The number of nitrogens with one attached hydrogen (secondary N) is 1. The van der Waals surface area contributed by atoms with Crippen molar-refractivity contribution in [2.75, 3.05) is 26.0 Å². The molecule has 0 fully saturated rings. The molecule has 170 valence electrons. The average Bonchev–Trinajstić information content (AvgIpc) is 3.04. The second kappa shape index (κ2) is 10.1. The molecule has 0 saturated heterocycles. The van der Waals surface area contributed by atoms with Crippen LogP contribution in [0.3, 0.4) is 0 Å². The van der Waals surface area contributed by atoms with E-state index in [1.807, 2.05) is 48.5 Å². The van der Waals surface area contributed by atoms with Crippen molar-refractivity contribution in [3.63, 3.8) is 0 Å². The van der Waals surface area contributed by atoms with E-state index in [1.54, 1.807) is 0 Å². The van der Waals surface area contributed by atoms with E-state index in [-0.39, 0.29) is 5.91 Å². The third kappa shape index (κ3) is 5.35. The van der Waals surface area contributed by atoms with E-state index in [9.17, 15) is 4.79 Å². The Morgan fingerprint density at radius 1 is 0.909 bits per heavy atom. The highest BCUT2D eigenvalue weighted by Gasteiger charge is 2.12. The maximum absolute atomic E-state index is 12.7. The van der Waals surface area contributed by atoms with Gasteiger partial charge in [-0.25, -0.2) is 0 Å². The molecule has 0 aliphatic heterocycles. The molecule has 3 aromatic carbocycles. The van der Waals surface area contributed by atoms with Crippen LogP contribution in [0.25, 0.3) is 10.9 Å². The summed E-state index contributed by atoms with van der Waals surface area (Å²) in [5.41, 5.74) is 7.89. The number of nitrogens with zero attached hydrogens (tertiary/aromatic N) is 2. The summed E-state index contributed by atoms with van der Waals surface area (Å²) in [7, 11) is 4.25. The van der Waals surface area contributed by atoms with Gasteiger partial charge in [-0.3, -0.25) is 4.79 Å². The first-order valence-electron chi connectivity index (χ1n) is 11.6. The molecule has 0 saturated carbocycles. The largest absolute Gasteiger partial charge is 0.345 e. The zero-order chi connectivity index (χ0) is 23.4. The lowest BCUT2D eigenvalue weighted by atomic mass is 10.0.